The average Bonchev–Trinajstić information content (AvgIpc) is 2.84. The van der Waals surface area contributed by atoms with E-state index in [1.807, 2.05) is 0 Å². The van der Waals surface area contributed by atoms with Crippen molar-refractivity contribution in [3.63, 3.8) is 0 Å². The van der Waals surface area contributed by atoms with Gasteiger partial charge in [0.05, 0.1) is 6.61 Å². The Bertz CT molecular complexity index is 509. The fourth-order valence-electron chi connectivity index (χ4n) is 1.81. The molecule has 0 saturated carbocycles. The van der Waals surface area contributed by atoms with Crippen LogP contribution < -0.4 is 4.74 Å². The molecule has 2 aromatic rings. The molecule has 1 nitrogen and oxygen atoms in total. The molecule has 2 rings (SSSR count). The number of halogens is 2. The van der Waals surface area contributed by atoms with Gasteiger partial charge in [0.25, 0.3) is 0 Å². The normalized spacial score (nSPS) is 10.6. The molecule has 0 atom stereocenters. The fourth-order valence-corrected chi connectivity index (χ4v) is 3.54. The summed E-state index contributed by atoms with van der Waals surface area (Å²) in [6.07, 6.45) is 0.967. The van der Waals surface area contributed by atoms with Gasteiger partial charge < -0.3 is 4.74 Å². The number of aryl methyl sites for hydroxylation is 1. The highest BCUT2D eigenvalue weighted by Crippen LogP contribution is 2.29. The third-order valence-electron chi connectivity index (χ3n) is 2.64. The second-order valence-electron chi connectivity index (χ2n) is 4.02. The Kier molecular flexibility index (Phi) is 5.27. The van der Waals surface area contributed by atoms with Crippen LogP contribution in [0.15, 0.2) is 34.1 Å². The molecule has 18 heavy (non-hydrogen) atoms. The highest BCUT2D eigenvalue weighted by Gasteiger charge is 2.08. The molecule has 0 N–H and O–H groups in total. The van der Waals surface area contributed by atoms with Crippen molar-refractivity contribution in [3.8, 4) is 5.75 Å². The molecule has 0 saturated heterocycles. The second kappa shape index (κ2) is 6.73. The van der Waals surface area contributed by atoms with Crippen LogP contribution in [0.2, 0.25) is 0 Å². The summed E-state index contributed by atoms with van der Waals surface area (Å²) in [7, 11) is 0. The molecule has 0 fully saturated rings. The predicted molar refractivity (Wildman–Crippen MR) is 85.0 cm³/mol. The van der Waals surface area contributed by atoms with Crippen LogP contribution in [-0.4, -0.2) is 6.61 Å². The average molecular weight is 390 g/mol. The maximum atomic E-state index is 5.94. The highest BCUT2D eigenvalue weighted by atomic mass is 79.9. The lowest BCUT2D eigenvalue weighted by Gasteiger charge is -2.13. The summed E-state index contributed by atoms with van der Waals surface area (Å²) in [5, 5.41) is 2.91. The predicted octanol–water partition coefficient (Wildman–Crippen LogP) is 5.34. The van der Waals surface area contributed by atoms with E-state index in [1.165, 1.54) is 16.0 Å². The van der Waals surface area contributed by atoms with E-state index in [9.17, 15) is 0 Å². The van der Waals surface area contributed by atoms with Crippen molar-refractivity contribution in [2.24, 2.45) is 0 Å². The summed E-state index contributed by atoms with van der Waals surface area (Å²) < 4.78 is 7.04. The Hall–Kier alpha value is -0.320. The lowest BCUT2D eigenvalue weighted by atomic mass is 10.1. The molecule has 1 heterocycles. The third kappa shape index (κ3) is 3.59. The van der Waals surface area contributed by atoms with E-state index in [2.05, 4.69) is 68.4 Å². The van der Waals surface area contributed by atoms with Crippen LogP contribution in [0.25, 0.3) is 0 Å². The second-order valence-corrected chi connectivity index (χ2v) is 6.53. The van der Waals surface area contributed by atoms with Crippen LogP contribution in [0.1, 0.15) is 16.0 Å². The molecule has 0 spiro atoms. The van der Waals surface area contributed by atoms with Gasteiger partial charge in [-0.15, -0.1) is 11.3 Å². The topological polar surface area (TPSA) is 9.23 Å². The summed E-state index contributed by atoms with van der Waals surface area (Å²) in [5.74, 6) is 1.01. The molecule has 96 valence electrons. The number of alkyl halides is 1. The number of ether oxygens (including phenoxy) is 1. The Morgan fingerprint density at radius 1 is 1.33 bits per heavy atom. The SMILES string of the molecule is Cc1cc(Br)cc(CBr)c1OCCc1cccs1. The summed E-state index contributed by atoms with van der Waals surface area (Å²) >= 11 is 8.80. The molecule has 0 aliphatic heterocycles. The Morgan fingerprint density at radius 2 is 2.17 bits per heavy atom. The summed E-state index contributed by atoms with van der Waals surface area (Å²) in [6, 6.07) is 8.41. The first kappa shape index (κ1) is 14.1. The monoisotopic (exact) mass is 388 g/mol. The van der Waals surface area contributed by atoms with Crippen LogP contribution in [0.5, 0.6) is 5.75 Å². The Labute approximate surface area is 128 Å². The van der Waals surface area contributed by atoms with E-state index in [-0.39, 0.29) is 0 Å². The van der Waals surface area contributed by atoms with Crippen molar-refractivity contribution in [1.82, 2.24) is 0 Å². The fraction of sp³-hybridized carbons (Fsp3) is 0.286. The van der Waals surface area contributed by atoms with Crippen LogP contribution in [-0.2, 0) is 11.8 Å². The van der Waals surface area contributed by atoms with Crippen molar-refractivity contribution in [1.29, 1.82) is 0 Å². The highest BCUT2D eigenvalue weighted by molar-refractivity contribution is 9.10. The Balaban J connectivity index is 2.04. The maximum absolute atomic E-state index is 5.94. The van der Waals surface area contributed by atoms with Gasteiger partial charge in [-0.2, -0.15) is 0 Å². The number of hydrogen-bond acceptors (Lipinski definition) is 2. The van der Waals surface area contributed by atoms with E-state index in [0.717, 1.165) is 28.6 Å². The molecule has 0 amide bonds. The molecule has 0 aliphatic rings. The number of hydrogen-bond donors (Lipinski definition) is 0. The zero-order valence-corrected chi connectivity index (χ0v) is 14.1. The molecular weight excluding hydrogens is 376 g/mol. The van der Waals surface area contributed by atoms with Crippen LogP contribution >= 0.6 is 43.2 Å². The van der Waals surface area contributed by atoms with Gasteiger partial charge in [0.2, 0.25) is 0 Å². The largest absolute Gasteiger partial charge is 0.493 e. The standard InChI is InChI=1S/C14H14Br2OS/c1-10-7-12(16)8-11(9-15)14(10)17-5-4-13-3-2-6-18-13/h2-3,6-8H,4-5,9H2,1H3. The van der Waals surface area contributed by atoms with Gasteiger partial charge in [-0.05, 0) is 36.1 Å². The van der Waals surface area contributed by atoms with E-state index in [4.69, 9.17) is 4.74 Å². The van der Waals surface area contributed by atoms with E-state index < -0.39 is 0 Å². The summed E-state index contributed by atoms with van der Waals surface area (Å²) in [5.41, 5.74) is 2.36. The van der Waals surface area contributed by atoms with Gasteiger partial charge in [-0.1, -0.05) is 37.9 Å². The molecule has 0 radical (unpaired) electrons. The van der Waals surface area contributed by atoms with Crippen LogP contribution in [0, 0.1) is 6.92 Å². The molecule has 1 aromatic carbocycles. The lowest BCUT2D eigenvalue weighted by molar-refractivity contribution is 0.318. The molecule has 1 aromatic heterocycles. The first-order valence-corrected chi connectivity index (χ1v) is 8.50. The zero-order chi connectivity index (χ0) is 13.0. The third-order valence-corrected chi connectivity index (χ3v) is 4.63. The van der Waals surface area contributed by atoms with E-state index in [1.54, 1.807) is 11.3 Å². The van der Waals surface area contributed by atoms with Gasteiger partial charge in [-0.25, -0.2) is 0 Å². The quantitative estimate of drug-likeness (QED) is 0.627. The molecular formula is C14H14Br2OS. The van der Waals surface area contributed by atoms with E-state index >= 15 is 0 Å². The molecule has 0 aliphatic carbocycles. The molecule has 0 unspecified atom stereocenters. The minimum Gasteiger partial charge on any atom is -0.493 e. The lowest BCUT2D eigenvalue weighted by Crippen LogP contribution is -2.03. The van der Waals surface area contributed by atoms with Crippen LogP contribution in [0.3, 0.4) is 0 Å². The Morgan fingerprint density at radius 3 is 2.83 bits per heavy atom. The number of benzene rings is 1. The van der Waals surface area contributed by atoms with Crippen molar-refractivity contribution >= 4 is 43.2 Å². The number of thiophene rings is 1. The van der Waals surface area contributed by atoms with Gasteiger partial charge in [0.1, 0.15) is 5.75 Å². The van der Waals surface area contributed by atoms with Gasteiger partial charge >= 0.3 is 0 Å². The summed E-state index contributed by atoms with van der Waals surface area (Å²) in [4.78, 5) is 1.37. The van der Waals surface area contributed by atoms with Gasteiger partial charge in [-0.3, -0.25) is 0 Å². The first-order valence-electron chi connectivity index (χ1n) is 5.71. The van der Waals surface area contributed by atoms with Crippen molar-refractivity contribution in [2.45, 2.75) is 18.7 Å². The van der Waals surface area contributed by atoms with Crippen molar-refractivity contribution < 1.29 is 4.74 Å². The molecule has 0 bridgehead atoms. The van der Waals surface area contributed by atoms with Gasteiger partial charge in [0.15, 0.2) is 0 Å². The minimum absolute atomic E-state index is 0.725. The smallest absolute Gasteiger partial charge is 0.126 e. The number of rotatable bonds is 5. The zero-order valence-electron chi connectivity index (χ0n) is 10.1. The summed E-state index contributed by atoms with van der Waals surface area (Å²) in [6.45, 7) is 2.81. The van der Waals surface area contributed by atoms with Crippen molar-refractivity contribution in [2.75, 3.05) is 6.61 Å². The van der Waals surface area contributed by atoms with E-state index in [0.29, 0.717) is 0 Å². The maximum Gasteiger partial charge on any atom is 0.126 e. The van der Waals surface area contributed by atoms with Crippen molar-refractivity contribution in [3.05, 3.63) is 50.1 Å². The van der Waals surface area contributed by atoms with Crippen LogP contribution in [0.4, 0.5) is 0 Å². The molecule has 4 heteroatoms. The minimum atomic E-state index is 0.725. The van der Waals surface area contributed by atoms with Gasteiger partial charge in [0, 0.05) is 26.7 Å². The first-order chi connectivity index (χ1) is 8.70.